The summed E-state index contributed by atoms with van der Waals surface area (Å²) >= 11 is 5.93. The van der Waals surface area contributed by atoms with E-state index in [1.54, 1.807) is 6.08 Å². The van der Waals surface area contributed by atoms with Crippen LogP contribution in [0.25, 0.3) is 17.1 Å². The van der Waals surface area contributed by atoms with E-state index in [1.165, 1.54) is 12.3 Å². The standard InChI is InChI=1S/C18H14ClF2N5O/c1-10-6-12(4-3-5-22)7-11(2)15(10)27-17-13-8-26(9-14(20)21)25-16(13)23-18(19)24-17/h3-4,6-8,14H,9H2,1-2H3/b4-3+. The normalized spacial score (nSPS) is 11.4. The minimum atomic E-state index is -2.55. The smallest absolute Gasteiger partial charge is 0.257 e. The molecule has 0 unspecified atom stereocenters. The maximum atomic E-state index is 12.6. The number of hydrogen-bond acceptors (Lipinski definition) is 5. The van der Waals surface area contributed by atoms with E-state index in [4.69, 9.17) is 21.6 Å². The number of alkyl halides is 2. The Kier molecular flexibility index (Phi) is 5.33. The van der Waals surface area contributed by atoms with Crippen LogP contribution in [-0.2, 0) is 6.54 Å². The van der Waals surface area contributed by atoms with E-state index in [-0.39, 0.29) is 16.8 Å². The molecule has 9 heteroatoms. The van der Waals surface area contributed by atoms with Gasteiger partial charge in [-0.25, -0.2) is 8.78 Å². The summed E-state index contributed by atoms with van der Waals surface area (Å²) < 4.78 is 32.3. The summed E-state index contributed by atoms with van der Waals surface area (Å²) in [6.45, 7) is 3.14. The highest BCUT2D eigenvalue weighted by atomic mass is 35.5. The van der Waals surface area contributed by atoms with Gasteiger partial charge in [0.05, 0.1) is 6.07 Å². The first kappa shape index (κ1) is 18.7. The molecule has 0 fully saturated rings. The zero-order valence-corrected chi connectivity index (χ0v) is 15.2. The third-order valence-electron chi connectivity index (χ3n) is 3.72. The van der Waals surface area contributed by atoms with Gasteiger partial charge in [0.25, 0.3) is 6.43 Å². The van der Waals surface area contributed by atoms with Crippen LogP contribution in [0.1, 0.15) is 16.7 Å². The fourth-order valence-electron chi connectivity index (χ4n) is 2.68. The number of ether oxygens (including phenoxy) is 1. The van der Waals surface area contributed by atoms with Crippen LogP contribution < -0.4 is 4.74 Å². The van der Waals surface area contributed by atoms with Gasteiger partial charge in [-0.05, 0) is 60.3 Å². The Labute approximate surface area is 158 Å². The molecule has 0 spiro atoms. The summed E-state index contributed by atoms with van der Waals surface area (Å²) in [6, 6.07) is 5.66. The Bertz CT molecular complexity index is 1050. The van der Waals surface area contributed by atoms with E-state index >= 15 is 0 Å². The van der Waals surface area contributed by atoms with Gasteiger partial charge in [0.2, 0.25) is 11.2 Å². The van der Waals surface area contributed by atoms with Crippen molar-refractivity contribution < 1.29 is 13.5 Å². The summed E-state index contributed by atoms with van der Waals surface area (Å²) in [7, 11) is 0. The quantitative estimate of drug-likeness (QED) is 0.467. The van der Waals surface area contributed by atoms with Gasteiger partial charge in [-0.3, -0.25) is 4.68 Å². The third kappa shape index (κ3) is 4.20. The predicted molar refractivity (Wildman–Crippen MR) is 97.0 cm³/mol. The zero-order valence-electron chi connectivity index (χ0n) is 14.4. The van der Waals surface area contributed by atoms with Crippen LogP contribution >= 0.6 is 11.6 Å². The Morgan fingerprint density at radius 1 is 1.30 bits per heavy atom. The molecule has 138 valence electrons. The number of nitriles is 1. The van der Waals surface area contributed by atoms with Gasteiger partial charge in [0.1, 0.15) is 17.7 Å². The SMILES string of the molecule is Cc1cc(/C=C/C#N)cc(C)c1Oc1nc(Cl)nc2nn(CC(F)F)cc12. The van der Waals surface area contributed by atoms with Crippen LogP contribution in [-0.4, -0.2) is 26.2 Å². The summed E-state index contributed by atoms with van der Waals surface area (Å²) in [5, 5.41) is 12.9. The number of benzene rings is 1. The highest BCUT2D eigenvalue weighted by Gasteiger charge is 2.17. The molecule has 0 atom stereocenters. The molecule has 0 aliphatic carbocycles. The van der Waals surface area contributed by atoms with E-state index in [9.17, 15) is 8.78 Å². The molecular weight excluding hydrogens is 376 g/mol. The van der Waals surface area contributed by atoms with Gasteiger partial charge >= 0.3 is 0 Å². The molecule has 0 radical (unpaired) electrons. The summed E-state index contributed by atoms with van der Waals surface area (Å²) in [5.74, 6) is 0.693. The minimum Gasteiger partial charge on any atom is -0.438 e. The maximum Gasteiger partial charge on any atom is 0.257 e. The van der Waals surface area contributed by atoms with Crippen LogP contribution in [0.3, 0.4) is 0 Å². The van der Waals surface area contributed by atoms with Gasteiger partial charge in [-0.15, -0.1) is 0 Å². The number of fused-ring (bicyclic) bond motifs is 1. The maximum absolute atomic E-state index is 12.6. The van der Waals surface area contributed by atoms with E-state index in [1.807, 2.05) is 32.0 Å². The molecule has 0 saturated carbocycles. The van der Waals surface area contributed by atoms with Crippen molar-refractivity contribution in [2.75, 3.05) is 0 Å². The molecule has 1 aromatic carbocycles. The van der Waals surface area contributed by atoms with Gasteiger partial charge in [0.15, 0.2) is 5.65 Å². The fourth-order valence-corrected chi connectivity index (χ4v) is 2.84. The third-order valence-corrected chi connectivity index (χ3v) is 3.89. The summed E-state index contributed by atoms with van der Waals surface area (Å²) in [6.07, 6.45) is 1.94. The molecule has 2 aromatic heterocycles. The molecule has 0 N–H and O–H groups in total. The lowest BCUT2D eigenvalue weighted by molar-refractivity contribution is 0.122. The minimum absolute atomic E-state index is 0.0938. The average Bonchev–Trinajstić information content (AvgIpc) is 2.97. The summed E-state index contributed by atoms with van der Waals surface area (Å²) in [4.78, 5) is 8.03. The number of rotatable bonds is 5. The van der Waals surface area contributed by atoms with Crippen molar-refractivity contribution in [2.24, 2.45) is 0 Å². The first-order valence-electron chi connectivity index (χ1n) is 7.91. The zero-order chi connectivity index (χ0) is 19.6. The first-order chi connectivity index (χ1) is 12.9. The molecule has 0 aliphatic rings. The number of aryl methyl sites for hydroxylation is 2. The lowest BCUT2D eigenvalue weighted by atomic mass is 10.1. The Hall–Kier alpha value is -3.05. The van der Waals surface area contributed by atoms with Crippen molar-refractivity contribution in [3.05, 3.63) is 46.4 Å². The number of hydrogen-bond donors (Lipinski definition) is 0. The van der Waals surface area contributed by atoms with Crippen LogP contribution in [0, 0.1) is 25.2 Å². The molecular formula is C18H14ClF2N5O. The number of halogens is 3. The van der Waals surface area contributed by atoms with E-state index in [0.29, 0.717) is 11.1 Å². The number of aromatic nitrogens is 4. The van der Waals surface area contributed by atoms with E-state index < -0.39 is 13.0 Å². The molecule has 2 heterocycles. The van der Waals surface area contributed by atoms with Crippen LogP contribution in [0.5, 0.6) is 11.6 Å². The Balaban J connectivity index is 2.02. The first-order valence-corrected chi connectivity index (χ1v) is 8.29. The predicted octanol–water partition coefficient (Wildman–Crippen LogP) is 4.69. The second-order valence-corrected chi connectivity index (χ2v) is 6.16. The topological polar surface area (TPSA) is 76.6 Å². The molecule has 27 heavy (non-hydrogen) atoms. The Morgan fingerprint density at radius 3 is 2.63 bits per heavy atom. The van der Waals surface area contributed by atoms with Crippen molar-refractivity contribution in [3.8, 4) is 17.7 Å². The molecule has 0 bridgehead atoms. The number of allylic oxidation sites excluding steroid dienone is 1. The largest absolute Gasteiger partial charge is 0.438 e. The van der Waals surface area contributed by atoms with Gasteiger partial charge < -0.3 is 4.74 Å². The lowest BCUT2D eigenvalue weighted by Crippen LogP contribution is -2.06. The molecule has 3 aromatic rings. The molecule has 3 rings (SSSR count). The average molecular weight is 390 g/mol. The van der Waals surface area contributed by atoms with Crippen molar-refractivity contribution in [1.29, 1.82) is 5.26 Å². The van der Waals surface area contributed by atoms with Crippen molar-refractivity contribution >= 4 is 28.7 Å². The monoisotopic (exact) mass is 389 g/mol. The highest BCUT2D eigenvalue weighted by Crippen LogP contribution is 2.33. The molecule has 0 aliphatic heterocycles. The van der Waals surface area contributed by atoms with Gasteiger partial charge in [-0.2, -0.15) is 20.3 Å². The van der Waals surface area contributed by atoms with Crippen molar-refractivity contribution in [1.82, 2.24) is 19.7 Å². The van der Waals surface area contributed by atoms with Crippen molar-refractivity contribution in [3.63, 3.8) is 0 Å². The van der Waals surface area contributed by atoms with Crippen LogP contribution in [0.4, 0.5) is 8.78 Å². The Morgan fingerprint density at radius 2 is 2.00 bits per heavy atom. The summed E-state index contributed by atoms with van der Waals surface area (Å²) in [5.41, 5.74) is 2.66. The van der Waals surface area contributed by atoms with Crippen LogP contribution in [0.15, 0.2) is 24.4 Å². The highest BCUT2D eigenvalue weighted by molar-refractivity contribution is 6.28. The number of nitrogens with zero attached hydrogens (tertiary/aromatic N) is 5. The van der Waals surface area contributed by atoms with Crippen molar-refractivity contribution in [2.45, 2.75) is 26.8 Å². The molecule has 6 nitrogen and oxygen atoms in total. The second kappa shape index (κ2) is 7.68. The van der Waals surface area contributed by atoms with Gasteiger partial charge in [0, 0.05) is 12.3 Å². The molecule has 0 amide bonds. The second-order valence-electron chi connectivity index (χ2n) is 5.83. The van der Waals surface area contributed by atoms with Crippen LogP contribution in [0.2, 0.25) is 5.28 Å². The van der Waals surface area contributed by atoms with E-state index in [0.717, 1.165) is 21.4 Å². The lowest BCUT2D eigenvalue weighted by Gasteiger charge is -2.12. The fraction of sp³-hybridized carbons (Fsp3) is 0.222. The van der Waals surface area contributed by atoms with E-state index in [2.05, 4.69) is 15.1 Å². The van der Waals surface area contributed by atoms with Gasteiger partial charge in [-0.1, -0.05) is 0 Å². The molecule has 0 saturated heterocycles.